The first-order valence-electron chi connectivity index (χ1n) is 7.27. The van der Waals surface area contributed by atoms with Gasteiger partial charge in [0.15, 0.2) is 5.76 Å². The molecule has 1 aliphatic heterocycles. The maximum absolute atomic E-state index is 11.1. The maximum Gasteiger partial charge on any atom is 0.307 e. The van der Waals surface area contributed by atoms with E-state index in [1.54, 1.807) is 18.3 Å². The summed E-state index contributed by atoms with van der Waals surface area (Å²) in [6.07, 6.45) is 3.33. The van der Waals surface area contributed by atoms with E-state index in [1.165, 1.54) is 0 Å². The molecule has 1 atom stereocenters. The van der Waals surface area contributed by atoms with Gasteiger partial charge in [-0.3, -0.25) is 9.69 Å². The molecule has 1 aromatic heterocycles. The average molecular weight is 321 g/mol. The lowest BCUT2D eigenvalue weighted by Crippen LogP contribution is -2.38. The highest BCUT2D eigenvalue weighted by atomic mass is 35.5. The van der Waals surface area contributed by atoms with E-state index in [0.717, 1.165) is 24.9 Å². The van der Waals surface area contributed by atoms with Gasteiger partial charge in [-0.25, -0.2) is 4.98 Å². The number of aromatic nitrogens is 1. The van der Waals surface area contributed by atoms with Crippen molar-refractivity contribution < 1.29 is 14.3 Å². The van der Waals surface area contributed by atoms with E-state index in [4.69, 9.17) is 21.1 Å². The van der Waals surface area contributed by atoms with Crippen LogP contribution in [0.15, 0.2) is 34.9 Å². The minimum atomic E-state index is -0.723. The summed E-state index contributed by atoms with van der Waals surface area (Å²) in [4.78, 5) is 17.5. The van der Waals surface area contributed by atoms with Crippen molar-refractivity contribution in [2.75, 3.05) is 13.1 Å². The maximum atomic E-state index is 11.1. The van der Waals surface area contributed by atoms with Crippen LogP contribution in [0.1, 0.15) is 18.7 Å². The number of carbonyl (C=O) groups is 1. The number of halogens is 1. The molecule has 3 rings (SSSR count). The number of rotatable bonds is 4. The average Bonchev–Trinajstić information content (AvgIpc) is 2.96. The van der Waals surface area contributed by atoms with Gasteiger partial charge in [0, 0.05) is 17.1 Å². The summed E-state index contributed by atoms with van der Waals surface area (Å²) in [6.45, 7) is 1.97. The molecule has 5 nitrogen and oxygen atoms in total. The summed E-state index contributed by atoms with van der Waals surface area (Å²) >= 11 is 5.87. The summed E-state index contributed by atoms with van der Waals surface area (Å²) < 4.78 is 5.76. The van der Waals surface area contributed by atoms with Gasteiger partial charge in [-0.15, -0.1) is 0 Å². The van der Waals surface area contributed by atoms with E-state index in [-0.39, 0.29) is 5.92 Å². The highest BCUT2D eigenvalue weighted by Gasteiger charge is 2.26. The van der Waals surface area contributed by atoms with Crippen LogP contribution in [-0.4, -0.2) is 34.0 Å². The molecule has 0 spiro atoms. The van der Waals surface area contributed by atoms with Crippen molar-refractivity contribution in [1.82, 2.24) is 9.88 Å². The lowest BCUT2D eigenvalue weighted by molar-refractivity contribution is -0.143. The van der Waals surface area contributed by atoms with Gasteiger partial charge < -0.3 is 9.52 Å². The van der Waals surface area contributed by atoms with Gasteiger partial charge in [-0.1, -0.05) is 11.6 Å². The Balaban J connectivity index is 1.66. The number of carboxylic acid groups (broad SMARTS) is 1. The normalized spacial score (nSPS) is 19.2. The molecule has 1 N–H and O–H groups in total. The zero-order chi connectivity index (χ0) is 15.5. The molecule has 0 bridgehead atoms. The molecular formula is C16H17ClN2O3. The standard InChI is InChI=1S/C16H17ClN2O3/c17-13-5-3-11(4-6-13)14-8-18-15(22-14)10-19-7-1-2-12(9-19)16(20)21/h3-6,8,12H,1-2,7,9-10H2,(H,20,21)/t12-/m1/s1. The van der Waals surface area contributed by atoms with Crippen molar-refractivity contribution in [3.05, 3.63) is 41.4 Å². The highest BCUT2D eigenvalue weighted by Crippen LogP contribution is 2.24. The van der Waals surface area contributed by atoms with Crippen LogP contribution >= 0.6 is 11.6 Å². The predicted octanol–water partition coefficient (Wildman–Crippen LogP) is 3.29. The Morgan fingerprint density at radius 1 is 1.41 bits per heavy atom. The summed E-state index contributed by atoms with van der Waals surface area (Å²) in [5.74, 6) is 0.285. The fraction of sp³-hybridized carbons (Fsp3) is 0.375. The molecule has 2 aromatic rings. The van der Waals surface area contributed by atoms with Gasteiger partial charge >= 0.3 is 5.97 Å². The van der Waals surface area contributed by atoms with Gasteiger partial charge in [0.25, 0.3) is 0 Å². The number of hydrogen-bond acceptors (Lipinski definition) is 4. The van der Waals surface area contributed by atoms with Gasteiger partial charge in [0.1, 0.15) is 0 Å². The Labute approximate surface area is 133 Å². The molecule has 22 heavy (non-hydrogen) atoms. The van der Waals surface area contributed by atoms with Gasteiger partial charge in [-0.05, 0) is 43.7 Å². The minimum Gasteiger partial charge on any atom is -0.481 e. The van der Waals surface area contributed by atoms with Crippen LogP contribution in [0.5, 0.6) is 0 Å². The third-order valence-electron chi connectivity index (χ3n) is 3.90. The summed E-state index contributed by atoms with van der Waals surface area (Å²) in [5, 5.41) is 9.80. The lowest BCUT2D eigenvalue weighted by Gasteiger charge is -2.29. The Morgan fingerprint density at radius 2 is 2.18 bits per heavy atom. The van der Waals surface area contributed by atoms with E-state index in [0.29, 0.717) is 29.8 Å². The Kier molecular flexibility index (Phi) is 4.45. The largest absolute Gasteiger partial charge is 0.481 e. The van der Waals surface area contributed by atoms with Crippen LogP contribution in [0.4, 0.5) is 0 Å². The van der Waals surface area contributed by atoms with Gasteiger partial charge in [0.2, 0.25) is 5.89 Å². The zero-order valence-corrected chi connectivity index (χ0v) is 12.8. The quantitative estimate of drug-likeness (QED) is 0.936. The second kappa shape index (κ2) is 6.50. The van der Waals surface area contributed by atoms with E-state index >= 15 is 0 Å². The van der Waals surface area contributed by atoms with Gasteiger partial charge in [-0.2, -0.15) is 0 Å². The van der Waals surface area contributed by atoms with Crippen molar-refractivity contribution in [1.29, 1.82) is 0 Å². The van der Waals surface area contributed by atoms with Crippen molar-refractivity contribution in [2.45, 2.75) is 19.4 Å². The third kappa shape index (κ3) is 3.48. The Hall–Kier alpha value is -1.85. The molecule has 0 saturated carbocycles. The van der Waals surface area contributed by atoms with Crippen LogP contribution in [0, 0.1) is 5.92 Å². The number of benzene rings is 1. The molecule has 0 aliphatic carbocycles. The fourth-order valence-electron chi connectivity index (χ4n) is 2.72. The number of nitrogens with zero attached hydrogens (tertiary/aromatic N) is 2. The molecule has 1 fully saturated rings. The number of carboxylic acids is 1. The molecule has 0 unspecified atom stereocenters. The summed E-state index contributed by atoms with van der Waals surface area (Å²) in [5.41, 5.74) is 0.921. The molecule has 0 amide bonds. The number of oxazole rings is 1. The second-order valence-electron chi connectivity index (χ2n) is 5.54. The number of piperidine rings is 1. The Bertz CT molecular complexity index is 654. The highest BCUT2D eigenvalue weighted by molar-refractivity contribution is 6.30. The van der Waals surface area contributed by atoms with E-state index < -0.39 is 5.97 Å². The monoisotopic (exact) mass is 320 g/mol. The first kappa shape index (κ1) is 15.1. The van der Waals surface area contributed by atoms with Crippen LogP contribution in [-0.2, 0) is 11.3 Å². The molecule has 1 aromatic carbocycles. The molecule has 6 heteroatoms. The molecule has 2 heterocycles. The van der Waals surface area contributed by atoms with Crippen molar-refractivity contribution in [3.8, 4) is 11.3 Å². The SMILES string of the molecule is O=C(O)[C@@H]1CCCN(Cc2ncc(-c3ccc(Cl)cc3)o2)C1. The number of aliphatic carboxylic acids is 1. The molecule has 1 aliphatic rings. The molecule has 1 saturated heterocycles. The summed E-state index contributed by atoms with van der Waals surface area (Å²) in [6, 6.07) is 7.38. The predicted molar refractivity (Wildman–Crippen MR) is 82.6 cm³/mol. The number of hydrogen-bond donors (Lipinski definition) is 1. The van der Waals surface area contributed by atoms with Crippen molar-refractivity contribution in [3.63, 3.8) is 0 Å². The second-order valence-corrected chi connectivity index (χ2v) is 5.97. The van der Waals surface area contributed by atoms with Crippen molar-refractivity contribution >= 4 is 17.6 Å². The first-order valence-corrected chi connectivity index (χ1v) is 7.65. The molecule has 116 valence electrons. The first-order chi connectivity index (χ1) is 10.6. The molecule has 0 radical (unpaired) electrons. The van der Waals surface area contributed by atoms with Crippen LogP contribution in [0.25, 0.3) is 11.3 Å². The van der Waals surface area contributed by atoms with Crippen molar-refractivity contribution in [2.24, 2.45) is 5.92 Å². The summed E-state index contributed by atoms with van der Waals surface area (Å²) in [7, 11) is 0. The third-order valence-corrected chi connectivity index (χ3v) is 4.15. The fourth-order valence-corrected chi connectivity index (χ4v) is 2.85. The zero-order valence-electron chi connectivity index (χ0n) is 12.0. The van der Waals surface area contributed by atoms with Crippen LogP contribution in [0.3, 0.4) is 0 Å². The minimum absolute atomic E-state index is 0.292. The topological polar surface area (TPSA) is 66.6 Å². The van der Waals surface area contributed by atoms with E-state index in [2.05, 4.69) is 9.88 Å². The molecular weight excluding hydrogens is 304 g/mol. The van der Waals surface area contributed by atoms with E-state index in [1.807, 2.05) is 12.1 Å². The van der Waals surface area contributed by atoms with E-state index in [9.17, 15) is 4.79 Å². The van der Waals surface area contributed by atoms with Crippen LogP contribution in [0.2, 0.25) is 5.02 Å². The van der Waals surface area contributed by atoms with Gasteiger partial charge in [0.05, 0.1) is 18.7 Å². The van der Waals surface area contributed by atoms with Crippen LogP contribution < -0.4 is 0 Å². The Morgan fingerprint density at radius 3 is 2.91 bits per heavy atom. The smallest absolute Gasteiger partial charge is 0.307 e. The lowest BCUT2D eigenvalue weighted by atomic mass is 9.98. The number of likely N-dealkylation sites (tertiary alicyclic amines) is 1.